The predicted octanol–water partition coefficient (Wildman–Crippen LogP) is -0.756. The van der Waals surface area contributed by atoms with E-state index in [0.717, 1.165) is 25.7 Å². The molecule has 16 heavy (non-hydrogen) atoms. The summed E-state index contributed by atoms with van der Waals surface area (Å²) in [6, 6.07) is -0.476. The predicted molar refractivity (Wildman–Crippen MR) is 56.6 cm³/mol. The molecule has 2 rings (SSSR count). The highest BCUT2D eigenvalue weighted by molar-refractivity contribution is 5.88. The van der Waals surface area contributed by atoms with Crippen molar-refractivity contribution in [1.29, 1.82) is 0 Å². The lowest BCUT2D eigenvalue weighted by Crippen LogP contribution is -2.72. The summed E-state index contributed by atoms with van der Waals surface area (Å²) >= 11 is 0. The molecule has 1 aliphatic heterocycles. The van der Waals surface area contributed by atoms with Crippen LogP contribution in [0.15, 0.2) is 0 Å². The van der Waals surface area contributed by atoms with Crippen LogP contribution in [0.3, 0.4) is 0 Å². The van der Waals surface area contributed by atoms with Gasteiger partial charge in [-0.05, 0) is 12.8 Å². The van der Waals surface area contributed by atoms with Gasteiger partial charge >= 0.3 is 0 Å². The maximum absolute atomic E-state index is 11.6. The van der Waals surface area contributed by atoms with E-state index >= 15 is 0 Å². The molecule has 0 radical (unpaired) electrons. The third-order valence-electron chi connectivity index (χ3n) is 3.70. The summed E-state index contributed by atoms with van der Waals surface area (Å²) in [5.41, 5.74) is 0. The van der Waals surface area contributed by atoms with Gasteiger partial charge in [-0.1, -0.05) is 19.3 Å². The van der Waals surface area contributed by atoms with E-state index in [2.05, 4.69) is 0 Å². The maximum Gasteiger partial charge on any atom is 0.254 e. The van der Waals surface area contributed by atoms with E-state index in [0.29, 0.717) is 0 Å². The summed E-state index contributed by atoms with van der Waals surface area (Å²) in [5.74, 6) is -0.301. The molecule has 5 nitrogen and oxygen atoms in total. The monoisotopic (exact) mass is 229 g/mol. The molecule has 0 aromatic rings. The Hall–Kier alpha value is -0.650. The van der Waals surface area contributed by atoms with Gasteiger partial charge in [-0.3, -0.25) is 4.79 Å². The average molecular weight is 229 g/mol. The molecular formula is C11H19NO4. The lowest BCUT2D eigenvalue weighted by atomic mass is 9.85. The molecule has 0 aromatic carbocycles. The molecule has 2 aliphatic rings. The van der Waals surface area contributed by atoms with Crippen molar-refractivity contribution in [2.45, 2.75) is 56.4 Å². The molecule has 1 saturated heterocycles. The van der Waals surface area contributed by atoms with Crippen molar-refractivity contribution in [2.24, 2.45) is 0 Å². The minimum Gasteiger partial charge on any atom is -0.394 e. The molecule has 1 heterocycles. The summed E-state index contributed by atoms with van der Waals surface area (Å²) in [6.45, 7) is -0.418. The number of carbonyl (C=O) groups is 1. The Balaban J connectivity index is 2.03. The second-order valence-corrected chi connectivity index (χ2v) is 4.72. The van der Waals surface area contributed by atoms with Crippen molar-refractivity contribution < 1.29 is 20.1 Å². The van der Waals surface area contributed by atoms with Crippen LogP contribution in [0.4, 0.5) is 0 Å². The van der Waals surface area contributed by atoms with E-state index in [-0.39, 0.29) is 11.9 Å². The zero-order valence-electron chi connectivity index (χ0n) is 9.25. The highest BCUT2D eigenvalue weighted by Gasteiger charge is 2.52. The molecule has 3 atom stereocenters. The number of aliphatic hydroxyl groups excluding tert-OH is 3. The van der Waals surface area contributed by atoms with E-state index in [1.807, 2.05) is 0 Å². The summed E-state index contributed by atoms with van der Waals surface area (Å²) in [5, 5.41) is 28.0. The number of hydrogen-bond donors (Lipinski definition) is 3. The molecule has 0 bridgehead atoms. The number of aliphatic hydroxyl groups is 3. The minimum absolute atomic E-state index is 0.135. The summed E-state index contributed by atoms with van der Waals surface area (Å²) in [6.07, 6.45) is 3.08. The first kappa shape index (κ1) is 11.8. The van der Waals surface area contributed by atoms with Crippen molar-refractivity contribution >= 4 is 5.91 Å². The Morgan fingerprint density at radius 3 is 2.50 bits per heavy atom. The highest BCUT2D eigenvalue weighted by atomic mass is 16.3. The van der Waals surface area contributed by atoms with Gasteiger partial charge in [0, 0.05) is 6.04 Å². The largest absolute Gasteiger partial charge is 0.394 e. The van der Waals surface area contributed by atoms with Crippen molar-refractivity contribution in [3.05, 3.63) is 0 Å². The third-order valence-corrected chi connectivity index (χ3v) is 3.70. The number of hydrogen-bond acceptors (Lipinski definition) is 4. The Kier molecular flexibility index (Phi) is 3.47. The topological polar surface area (TPSA) is 81.0 Å². The van der Waals surface area contributed by atoms with Gasteiger partial charge in [-0.2, -0.15) is 0 Å². The van der Waals surface area contributed by atoms with E-state index in [1.54, 1.807) is 4.90 Å². The number of nitrogens with zero attached hydrogens (tertiary/aromatic N) is 1. The Morgan fingerprint density at radius 1 is 1.31 bits per heavy atom. The van der Waals surface area contributed by atoms with Crippen LogP contribution in [0.25, 0.3) is 0 Å². The van der Waals surface area contributed by atoms with Crippen molar-refractivity contribution in [3.8, 4) is 0 Å². The maximum atomic E-state index is 11.6. The first-order valence-corrected chi connectivity index (χ1v) is 5.96. The zero-order chi connectivity index (χ0) is 11.7. The fraction of sp³-hybridized carbons (Fsp3) is 0.909. The summed E-state index contributed by atoms with van der Waals surface area (Å²) < 4.78 is 0. The number of likely N-dealkylation sites (tertiary alicyclic amines) is 1. The van der Waals surface area contributed by atoms with Crippen LogP contribution in [-0.2, 0) is 4.79 Å². The number of amides is 1. The van der Waals surface area contributed by atoms with Crippen LogP contribution in [0.5, 0.6) is 0 Å². The first-order chi connectivity index (χ1) is 7.66. The van der Waals surface area contributed by atoms with Gasteiger partial charge in [0.15, 0.2) is 6.10 Å². The third kappa shape index (κ3) is 1.83. The fourth-order valence-electron chi connectivity index (χ4n) is 2.80. The normalized spacial score (nSPS) is 33.7. The lowest BCUT2D eigenvalue weighted by molar-refractivity contribution is -0.186. The summed E-state index contributed by atoms with van der Waals surface area (Å²) in [7, 11) is 0. The molecule has 92 valence electrons. The number of rotatable bonds is 3. The van der Waals surface area contributed by atoms with Gasteiger partial charge in [-0.15, -0.1) is 0 Å². The molecule has 1 saturated carbocycles. The molecule has 3 N–H and O–H groups in total. The highest BCUT2D eigenvalue weighted by Crippen LogP contribution is 2.32. The standard InChI is InChI=1S/C11H19NO4/c13-6-8(14)9-10(15)11(16)12(9)7-4-2-1-3-5-7/h7-10,13-15H,1-6H2/t8-,9+,10-/m1/s1. The second kappa shape index (κ2) is 4.69. The quantitative estimate of drug-likeness (QED) is 0.556. The van der Waals surface area contributed by atoms with Crippen LogP contribution in [-0.4, -0.2) is 57.0 Å². The lowest BCUT2D eigenvalue weighted by Gasteiger charge is -2.51. The van der Waals surface area contributed by atoms with Crippen molar-refractivity contribution in [1.82, 2.24) is 4.90 Å². The number of β-lactam (4-membered cyclic amide) rings is 1. The minimum atomic E-state index is -1.14. The molecular weight excluding hydrogens is 210 g/mol. The molecule has 1 aliphatic carbocycles. The molecule has 0 spiro atoms. The molecule has 1 amide bonds. The smallest absolute Gasteiger partial charge is 0.254 e. The molecule has 5 heteroatoms. The first-order valence-electron chi connectivity index (χ1n) is 5.96. The van der Waals surface area contributed by atoms with E-state index < -0.39 is 24.9 Å². The molecule has 2 fully saturated rings. The summed E-state index contributed by atoms with van der Waals surface area (Å²) in [4.78, 5) is 13.1. The Morgan fingerprint density at radius 2 is 1.94 bits per heavy atom. The molecule has 0 aromatic heterocycles. The fourth-order valence-corrected chi connectivity index (χ4v) is 2.80. The number of carbonyl (C=O) groups excluding carboxylic acids is 1. The van der Waals surface area contributed by atoms with E-state index in [4.69, 9.17) is 5.11 Å². The van der Waals surface area contributed by atoms with Crippen LogP contribution >= 0.6 is 0 Å². The van der Waals surface area contributed by atoms with Gasteiger partial charge < -0.3 is 20.2 Å². The van der Waals surface area contributed by atoms with Crippen molar-refractivity contribution in [3.63, 3.8) is 0 Å². The average Bonchev–Trinajstić information content (AvgIpc) is 2.34. The second-order valence-electron chi connectivity index (χ2n) is 4.72. The van der Waals surface area contributed by atoms with Gasteiger partial charge in [0.1, 0.15) is 6.10 Å². The van der Waals surface area contributed by atoms with Gasteiger partial charge in [0.05, 0.1) is 12.6 Å². The van der Waals surface area contributed by atoms with Gasteiger partial charge in [0.25, 0.3) is 5.91 Å². The Bertz CT molecular complexity index is 265. The van der Waals surface area contributed by atoms with Gasteiger partial charge in [-0.25, -0.2) is 0 Å². The van der Waals surface area contributed by atoms with Crippen LogP contribution in [0.1, 0.15) is 32.1 Å². The molecule has 0 unspecified atom stereocenters. The van der Waals surface area contributed by atoms with E-state index in [9.17, 15) is 15.0 Å². The van der Waals surface area contributed by atoms with Crippen LogP contribution in [0, 0.1) is 0 Å². The van der Waals surface area contributed by atoms with Crippen molar-refractivity contribution in [2.75, 3.05) is 6.61 Å². The Labute approximate surface area is 94.7 Å². The van der Waals surface area contributed by atoms with Crippen LogP contribution < -0.4 is 0 Å². The van der Waals surface area contributed by atoms with E-state index in [1.165, 1.54) is 6.42 Å². The van der Waals surface area contributed by atoms with Crippen LogP contribution in [0.2, 0.25) is 0 Å². The SMILES string of the molecule is O=C1[C@H](O)[C@H]([C@H](O)CO)N1C1CCCCC1. The van der Waals surface area contributed by atoms with Gasteiger partial charge in [0.2, 0.25) is 0 Å². The zero-order valence-corrected chi connectivity index (χ0v) is 9.25.